The first kappa shape index (κ1) is 28.8. The summed E-state index contributed by atoms with van der Waals surface area (Å²) in [5, 5.41) is 10.3. The van der Waals surface area contributed by atoms with Gasteiger partial charge in [-0.25, -0.2) is 0 Å². The van der Waals surface area contributed by atoms with E-state index >= 15 is 0 Å². The van der Waals surface area contributed by atoms with Crippen molar-refractivity contribution in [3.8, 4) is 17.2 Å². The molecule has 204 valence electrons. The highest BCUT2D eigenvalue weighted by atomic mass is 35.5. The van der Waals surface area contributed by atoms with Gasteiger partial charge in [0.05, 0.1) is 28.7 Å². The van der Waals surface area contributed by atoms with E-state index < -0.39 is 0 Å². The quantitative estimate of drug-likeness (QED) is 0.269. The summed E-state index contributed by atoms with van der Waals surface area (Å²) < 4.78 is 0. The van der Waals surface area contributed by atoms with Crippen molar-refractivity contribution in [3.05, 3.63) is 82.3 Å². The highest BCUT2D eigenvalue weighted by Gasteiger charge is 2.27. The molecular weight excluding hydrogens is 529 g/mol. The number of carbonyl (C=O) groups is 1. The number of likely N-dealkylation sites (tertiary alicyclic amines) is 1. The molecule has 1 aliphatic heterocycles. The molecule has 0 aromatic heterocycles. The van der Waals surface area contributed by atoms with Crippen LogP contribution in [0.5, 0.6) is 0 Å². The molecule has 1 heterocycles. The molecule has 3 aromatic carbocycles. The fraction of sp³-hybridized carbons (Fsp3) is 0.355. The third-order valence-corrected chi connectivity index (χ3v) is 8.10. The van der Waals surface area contributed by atoms with E-state index in [1.165, 1.54) is 12.8 Å². The second kappa shape index (κ2) is 13.2. The summed E-state index contributed by atoms with van der Waals surface area (Å²) in [6.07, 6.45) is 2.36. The molecule has 0 aliphatic carbocycles. The van der Waals surface area contributed by atoms with Crippen LogP contribution in [0.15, 0.2) is 66.7 Å². The number of carbonyl (C=O) groups excluding carboxylic acids is 1. The molecule has 1 aliphatic rings. The molecular formula is C31H35Cl2N5O. The van der Waals surface area contributed by atoms with Crippen LogP contribution in [0.25, 0.3) is 11.1 Å². The SMILES string of the molecule is CN(C)c1ccc(-c2ccc(C(CN3CCCC3)N(C)C(=O)CN(CC#N)c3ccc(Cl)c(Cl)c3)cc2)cc1. The summed E-state index contributed by atoms with van der Waals surface area (Å²) in [6.45, 7) is 2.98. The van der Waals surface area contributed by atoms with Gasteiger partial charge in [-0.1, -0.05) is 59.6 Å². The number of rotatable bonds is 10. The number of hydrogen-bond donors (Lipinski definition) is 0. The third-order valence-electron chi connectivity index (χ3n) is 7.36. The minimum atomic E-state index is -0.112. The standard InChI is InChI=1S/C31H35Cl2N5O/c1-35(2)26-12-10-24(11-13-26)23-6-8-25(9-7-23)30(21-37-17-4-5-18-37)36(3)31(39)22-38(19-16-34)27-14-15-28(32)29(33)20-27/h6-15,20,30H,4-5,17-19,21-22H2,1-3H3. The summed E-state index contributed by atoms with van der Waals surface area (Å²) in [4.78, 5) is 21.7. The van der Waals surface area contributed by atoms with Gasteiger partial charge >= 0.3 is 0 Å². The summed E-state index contributed by atoms with van der Waals surface area (Å²) in [5.74, 6) is -0.0659. The van der Waals surface area contributed by atoms with Crippen LogP contribution in [0, 0.1) is 11.3 Å². The van der Waals surface area contributed by atoms with Gasteiger partial charge in [-0.2, -0.15) is 5.26 Å². The van der Waals surface area contributed by atoms with Gasteiger partial charge in [0.2, 0.25) is 5.91 Å². The van der Waals surface area contributed by atoms with Crippen LogP contribution in [0.2, 0.25) is 10.0 Å². The van der Waals surface area contributed by atoms with E-state index in [4.69, 9.17) is 23.2 Å². The molecule has 1 amide bonds. The number of halogens is 2. The molecule has 1 saturated heterocycles. The van der Waals surface area contributed by atoms with Gasteiger partial charge in [-0.15, -0.1) is 0 Å². The van der Waals surface area contributed by atoms with Crippen molar-refractivity contribution >= 4 is 40.5 Å². The predicted octanol–water partition coefficient (Wildman–Crippen LogP) is 6.35. The number of nitriles is 1. The lowest BCUT2D eigenvalue weighted by Gasteiger charge is -2.34. The molecule has 1 fully saturated rings. The van der Waals surface area contributed by atoms with Crippen LogP contribution >= 0.6 is 23.2 Å². The number of anilines is 2. The molecule has 4 rings (SSSR count). The monoisotopic (exact) mass is 563 g/mol. The average Bonchev–Trinajstić information content (AvgIpc) is 3.46. The molecule has 0 spiro atoms. The molecule has 8 heteroatoms. The fourth-order valence-corrected chi connectivity index (χ4v) is 5.26. The van der Waals surface area contributed by atoms with E-state index in [9.17, 15) is 10.1 Å². The predicted molar refractivity (Wildman–Crippen MR) is 162 cm³/mol. The van der Waals surface area contributed by atoms with E-state index in [0.29, 0.717) is 15.7 Å². The summed E-state index contributed by atoms with van der Waals surface area (Å²) in [5.41, 5.74) is 5.23. The summed E-state index contributed by atoms with van der Waals surface area (Å²) in [7, 11) is 5.93. The zero-order chi connectivity index (χ0) is 27.9. The maximum atomic E-state index is 13.6. The first-order chi connectivity index (χ1) is 18.8. The highest BCUT2D eigenvalue weighted by Crippen LogP contribution is 2.30. The highest BCUT2D eigenvalue weighted by molar-refractivity contribution is 6.42. The Bertz CT molecular complexity index is 1300. The Kier molecular flexibility index (Phi) is 9.74. The van der Waals surface area contributed by atoms with E-state index in [1.54, 1.807) is 23.1 Å². The minimum absolute atomic E-state index is 0.0643. The van der Waals surface area contributed by atoms with Crippen LogP contribution in [0.4, 0.5) is 11.4 Å². The van der Waals surface area contributed by atoms with Gasteiger partial charge in [0, 0.05) is 39.1 Å². The van der Waals surface area contributed by atoms with Crippen molar-refractivity contribution in [2.75, 3.05) is 63.7 Å². The topological polar surface area (TPSA) is 53.8 Å². The summed E-state index contributed by atoms with van der Waals surface area (Å²) >= 11 is 12.3. The maximum Gasteiger partial charge on any atom is 0.242 e. The molecule has 0 N–H and O–H groups in total. The molecule has 0 bridgehead atoms. The Morgan fingerprint density at radius 1 is 0.897 bits per heavy atom. The average molecular weight is 565 g/mol. The van der Waals surface area contributed by atoms with Crippen LogP contribution in [0.3, 0.4) is 0 Å². The lowest BCUT2D eigenvalue weighted by molar-refractivity contribution is -0.131. The molecule has 1 atom stereocenters. The van der Waals surface area contributed by atoms with Gasteiger partial charge in [-0.3, -0.25) is 4.79 Å². The lowest BCUT2D eigenvalue weighted by atomic mass is 9.99. The van der Waals surface area contributed by atoms with Gasteiger partial charge in [0.25, 0.3) is 0 Å². The maximum absolute atomic E-state index is 13.6. The number of hydrogen-bond acceptors (Lipinski definition) is 5. The molecule has 6 nitrogen and oxygen atoms in total. The fourth-order valence-electron chi connectivity index (χ4n) is 4.97. The van der Waals surface area contributed by atoms with Crippen LogP contribution in [-0.2, 0) is 4.79 Å². The van der Waals surface area contributed by atoms with E-state index in [1.807, 2.05) is 26.0 Å². The van der Waals surface area contributed by atoms with Crippen molar-refractivity contribution in [1.29, 1.82) is 5.26 Å². The second-order valence-electron chi connectivity index (χ2n) is 10.2. The van der Waals surface area contributed by atoms with Crippen molar-refractivity contribution in [3.63, 3.8) is 0 Å². The Labute approximate surface area is 241 Å². The number of amides is 1. The molecule has 3 aromatic rings. The molecule has 0 radical (unpaired) electrons. The van der Waals surface area contributed by atoms with Crippen LogP contribution in [-0.4, -0.2) is 69.6 Å². The van der Waals surface area contributed by atoms with E-state index in [0.717, 1.165) is 42.0 Å². The van der Waals surface area contributed by atoms with Crippen molar-refractivity contribution in [2.24, 2.45) is 0 Å². The zero-order valence-corrected chi connectivity index (χ0v) is 24.3. The number of likely N-dealkylation sites (N-methyl/N-ethyl adjacent to an activating group) is 1. The largest absolute Gasteiger partial charge is 0.378 e. The normalized spacial score (nSPS) is 14.1. The Morgan fingerprint density at radius 3 is 2.05 bits per heavy atom. The first-order valence-corrected chi connectivity index (χ1v) is 13.9. The van der Waals surface area contributed by atoms with Gasteiger partial charge in [-0.05, 0) is 73.0 Å². The zero-order valence-electron chi connectivity index (χ0n) is 22.8. The van der Waals surface area contributed by atoms with Crippen LogP contribution < -0.4 is 9.80 Å². The van der Waals surface area contributed by atoms with Gasteiger partial charge in [0.15, 0.2) is 0 Å². The molecule has 39 heavy (non-hydrogen) atoms. The van der Waals surface area contributed by atoms with Crippen molar-refractivity contribution < 1.29 is 4.79 Å². The van der Waals surface area contributed by atoms with Crippen molar-refractivity contribution in [1.82, 2.24) is 9.80 Å². The number of benzene rings is 3. The Morgan fingerprint density at radius 2 is 1.49 bits per heavy atom. The van der Waals surface area contributed by atoms with E-state index in [2.05, 4.69) is 64.4 Å². The van der Waals surface area contributed by atoms with Crippen molar-refractivity contribution in [2.45, 2.75) is 18.9 Å². The lowest BCUT2D eigenvalue weighted by Crippen LogP contribution is -2.43. The minimum Gasteiger partial charge on any atom is -0.378 e. The first-order valence-electron chi connectivity index (χ1n) is 13.2. The Hall–Kier alpha value is -3.24. The number of nitrogens with zero attached hydrogens (tertiary/aromatic N) is 5. The van der Waals surface area contributed by atoms with E-state index in [-0.39, 0.29) is 25.0 Å². The van der Waals surface area contributed by atoms with Gasteiger partial charge in [0.1, 0.15) is 6.54 Å². The summed E-state index contributed by atoms with van der Waals surface area (Å²) in [6, 6.07) is 24.2. The smallest absolute Gasteiger partial charge is 0.242 e. The molecule has 1 unspecified atom stereocenters. The van der Waals surface area contributed by atoms with Gasteiger partial charge < -0.3 is 19.6 Å². The Balaban J connectivity index is 1.55. The third kappa shape index (κ3) is 7.24. The molecule has 0 saturated carbocycles. The second-order valence-corrected chi connectivity index (χ2v) is 11.0. The van der Waals surface area contributed by atoms with Crippen LogP contribution in [0.1, 0.15) is 24.4 Å².